The molecule has 2 aliphatic carbocycles. The van der Waals surface area contributed by atoms with Crippen molar-refractivity contribution in [2.75, 3.05) is 6.61 Å². The fourth-order valence-electron chi connectivity index (χ4n) is 3.21. The van der Waals surface area contributed by atoms with Gasteiger partial charge in [0.2, 0.25) is 0 Å². The Morgan fingerprint density at radius 1 is 1.29 bits per heavy atom. The van der Waals surface area contributed by atoms with Crippen molar-refractivity contribution in [2.45, 2.75) is 44.6 Å². The van der Waals surface area contributed by atoms with Gasteiger partial charge in [-0.3, -0.25) is 9.67 Å². The molecule has 2 saturated carbocycles. The van der Waals surface area contributed by atoms with Crippen molar-refractivity contribution in [1.29, 1.82) is 0 Å². The number of nitrogens with zero attached hydrogens (tertiary/aromatic N) is 3. The summed E-state index contributed by atoms with van der Waals surface area (Å²) < 4.78 is 2.12. The summed E-state index contributed by atoms with van der Waals surface area (Å²) in [5, 5.41) is 14.0. The number of aryl methyl sites for hydroxylation is 1. The van der Waals surface area contributed by atoms with Gasteiger partial charge in [-0.25, -0.2) is 0 Å². The van der Waals surface area contributed by atoms with Crippen molar-refractivity contribution in [2.24, 2.45) is 5.92 Å². The van der Waals surface area contributed by atoms with E-state index in [-0.39, 0.29) is 0 Å². The van der Waals surface area contributed by atoms with Gasteiger partial charge in [-0.2, -0.15) is 5.10 Å². The minimum Gasteiger partial charge on any atom is -0.396 e. The molecule has 0 amide bonds. The molecule has 0 atom stereocenters. The predicted molar refractivity (Wildman–Crippen MR) is 81.0 cm³/mol. The lowest BCUT2D eigenvalue weighted by Gasteiger charge is -2.34. The van der Waals surface area contributed by atoms with E-state index in [1.807, 2.05) is 13.0 Å². The van der Waals surface area contributed by atoms with E-state index >= 15 is 0 Å². The lowest BCUT2D eigenvalue weighted by atomic mass is 9.81. The second-order valence-electron chi connectivity index (χ2n) is 6.52. The lowest BCUT2D eigenvalue weighted by molar-refractivity contribution is 0.105. The molecule has 1 N–H and O–H groups in total. The van der Waals surface area contributed by atoms with Crippen LogP contribution in [0.2, 0.25) is 0 Å². The van der Waals surface area contributed by atoms with Gasteiger partial charge in [0.25, 0.3) is 0 Å². The quantitative estimate of drug-likeness (QED) is 0.938. The van der Waals surface area contributed by atoms with E-state index < -0.39 is 0 Å². The first-order valence-corrected chi connectivity index (χ1v) is 7.88. The Kier molecular flexibility index (Phi) is 3.07. The van der Waals surface area contributed by atoms with E-state index in [9.17, 15) is 5.11 Å². The van der Waals surface area contributed by atoms with Crippen molar-refractivity contribution in [3.63, 3.8) is 0 Å². The molecule has 2 heterocycles. The maximum Gasteiger partial charge on any atom is 0.0749 e. The zero-order chi connectivity index (χ0) is 14.4. The first-order valence-electron chi connectivity index (χ1n) is 7.88. The molecule has 0 spiro atoms. The van der Waals surface area contributed by atoms with Crippen LogP contribution in [0, 0.1) is 12.8 Å². The van der Waals surface area contributed by atoms with E-state index in [2.05, 4.69) is 28.0 Å². The number of rotatable bonds is 4. The fraction of sp³-hybridized carbons (Fsp3) is 0.529. The van der Waals surface area contributed by atoms with Crippen LogP contribution < -0.4 is 0 Å². The van der Waals surface area contributed by atoms with E-state index in [1.165, 1.54) is 24.1 Å². The summed E-state index contributed by atoms with van der Waals surface area (Å²) in [7, 11) is 0. The maximum atomic E-state index is 9.18. The highest BCUT2D eigenvalue weighted by molar-refractivity contribution is 5.62. The number of pyridine rings is 1. The second-order valence-corrected chi connectivity index (χ2v) is 6.52. The van der Waals surface area contributed by atoms with Crippen LogP contribution in [0.5, 0.6) is 0 Å². The van der Waals surface area contributed by atoms with Gasteiger partial charge < -0.3 is 5.11 Å². The maximum absolute atomic E-state index is 9.18. The smallest absolute Gasteiger partial charge is 0.0749 e. The van der Waals surface area contributed by atoms with Crippen LogP contribution >= 0.6 is 0 Å². The van der Waals surface area contributed by atoms with Crippen LogP contribution in [0.1, 0.15) is 49.0 Å². The summed E-state index contributed by atoms with van der Waals surface area (Å²) in [6.45, 7) is 2.34. The molecule has 0 unspecified atom stereocenters. The average molecular weight is 283 g/mol. The third-order valence-electron chi connectivity index (χ3n) is 4.73. The second kappa shape index (κ2) is 4.95. The summed E-state index contributed by atoms with van der Waals surface area (Å²) in [6.07, 6.45) is 6.76. The summed E-state index contributed by atoms with van der Waals surface area (Å²) >= 11 is 0. The summed E-state index contributed by atoms with van der Waals surface area (Å²) in [4.78, 5) is 4.67. The highest BCUT2D eigenvalue weighted by Gasteiger charge is 2.34. The first kappa shape index (κ1) is 13.0. The Hall–Kier alpha value is -1.68. The van der Waals surface area contributed by atoms with Gasteiger partial charge in [0.1, 0.15) is 0 Å². The minimum absolute atomic E-state index is 0.305. The van der Waals surface area contributed by atoms with Crippen molar-refractivity contribution < 1.29 is 5.11 Å². The molecular formula is C17H21N3O. The molecule has 0 aliphatic heterocycles. The van der Waals surface area contributed by atoms with Crippen molar-refractivity contribution in [3.8, 4) is 11.3 Å². The van der Waals surface area contributed by atoms with Gasteiger partial charge in [-0.15, -0.1) is 0 Å². The molecule has 2 aromatic rings. The van der Waals surface area contributed by atoms with Crippen molar-refractivity contribution in [1.82, 2.24) is 14.8 Å². The zero-order valence-corrected chi connectivity index (χ0v) is 12.4. The molecule has 0 saturated heterocycles. The van der Waals surface area contributed by atoms with E-state index in [1.54, 1.807) is 0 Å². The molecule has 4 heteroatoms. The molecule has 0 aromatic carbocycles. The third kappa shape index (κ3) is 2.38. The van der Waals surface area contributed by atoms with Gasteiger partial charge >= 0.3 is 0 Å². The number of hydrogen-bond acceptors (Lipinski definition) is 3. The molecule has 21 heavy (non-hydrogen) atoms. The number of aliphatic hydroxyl groups is 1. The fourth-order valence-corrected chi connectivity index (χ4v) is 3.21. The molecule has 2 fully saturated rings. The summed E-state index contributed by atoms with van der Waals surface area (Å²) in [5.74, 6) is 1.08. The molecule has 4 nitrogen and oxygen atoms in total. The summed E-state index contributed by atoms with van der Waals surface area (Å²) in [5.41, 5.74) is 4.52. The molecule has 0 bridgehead atoms. The largest absolute Gasteiger partial charge is 0.396 e. The van der Waals surface area contributed by atoms with Crippen molar-refractivity contribution in [3.05, 3.63) is 35.8 Å². The van der Waals surface area contributed by atoms with Crippen LogP contribution in [0.15, 0.2) is 24.4 Å². The van der Waals surface area contributed by atoms with Gasteiger partial charge in [-0.1, -0.05) is 6.07 Å². The first-order chi connectivity index (χ1) is 10.2. The normalized spacial score (nSPS) is 24.9. The van der Waals surface area contributed by atoms with Crippen LogP contribution in [0.3, 0.4) is 0 Å². The van der Waals surface area contributed by atoms with E-state index in [0.29, 0.717) is 24.5 Å². The van der Waals surface area contributed by atoms with Crippen LogP contribution in [0.4, 0.5) is 0 Å². The van der Waals surface area contributed by atoms with Gasteiger partial charge in [0.15, 0.2) is 0 Å². The van der Waals surface area contributed by atoms with Gasteiger partial charge in [-0.05, 0) is 50.7 Å². The van der Waals surface area contributed by atoms with Crippen LogP contribution in [0.25, 0.3) is 11.3 Å². The minimum atomic E-state index is 0.305. The highest BCUT2D eigenvalue weighted by atomic mass is 16.3. The van der Waals surface area contributed by atoms with Gasteiger partial charge in [0, 0.05) is 30.0 Å². The van der Waals surface area contributed by atoms with Crippen LogP contribution in [-0.2, 0) is 0 Å². The highest BCUT2D eigenvalue weighted by Crippen LogP contribution is 2.45. The van der Waals surface area contributed by atoms with Gasteiger partial charge in [0.05, 0.1) is 17.4 Å². The monoisotopic (exact) mass is 283 g/mol. The predicted octanol–water partition coefficient (Wildman–Crippen LogP) is 3.07. The Balaban J connectivity index is 1.68. The SMILES string of the molecule is Cc1cccc(-c2cn(C3CC(CO)C3)nc2C2CC2)n1. The number of hydrogen-bond donors (Lipinski definition) is 1. The van der Waals surface area contributed by atoms with Crippen molar-refractivity contribution >= 4 is 0 Å². The lowest BCUT2D eigenvalue weighted by Crippen LogP contribution is -2.29. The Bertz CT molecular complexity index is 654. The molecule has 4 rings (SSSR count). The standard InChI is InChI=1S/C17H21N3O/c1-11-3-2-4-16(18-11)15-9-20(14-7-12(8-14)10-21)19-17(15)13-5-6-13/h2-4,9,12-14,21H,5-8,10H2,1H3. The topological polar surface area (TPSA) is 50.9 Å². The molecule has 2 aliphatic rings. The number of aromatic nitrogens is 3. The average Bonchev–Trinajstić information content (AvgIpc) is 3.18. The summed E-state index contributed by atoms with van der Waals surface area (Å²) in [6, 6.07) is 6.63. The molecular weight excluding hydrogens is 262 g/mol. The van der Waals surface area contributed by atoms with Crippen LogP contribution in [-0.4, -0.2) is 26.5 Å². The van der Waals surface area contributed by atoms with E-state index in [0.717, 1.165) is 24.2 Å². The Morgan fingerprint density at radius 3 is 2.76 bits per heavy atom. The molecule has 0 radical (unpaired) electrons. The molecule has 2 aromatic heterocycles. The Morgan fingerprint density at radius 2 is 2.10 bits per heavy atom. The van der Waals surface area contributed by atoms with E-state index in [4.69, 9.17) is 5.10 Å². The third-order valence-corrected chi connectivity index (χ3v) is 4.73. The number of aliphatic hydroxyl groups excluding tert-OH is 1. The Labute approximate surface area is 124 Å². The zero-order valence-electron chi connectivity index (χ0n) is 12.4. The molecule has 110 valence electrons.